The Morgan fingerprint density at radius 1 is 1.13 bits per heavy atom. The number of hydrogen-bond donors (Lipinski definition) is 1. The summed E-state index contributed by atoms with van der Waals surface area (Å²) < 4.78 is 29.1. The molecule has 0 radical (unpaired) electrons. The summed E-state index contributed by atoms with van der Waals surface area (Å²) in [5, 5.41) is 10.3. The Labute approximate surface area is 179 Å². The third-order valence-electron chi connectivity index (χ3n) is 5.80. The first-order chi connectivity index (χ1) is 15.0. The quantitative estimate of drug-likeness (QED) is 0.504. The zero-order valence-electron chi connectivity index (χ0n) is 16.6. The van der Waals surface area contributed by atoms with Gasteiger partial charge in [0.15, 0.2) is 0 Å². The van der Waals surface area contributed by atoms with Crippen LogP contribution in [-0.4, -0.2) is 45.3 Å². The van der Waals surface area contributed by atoms with Crippen molar-refractivity contribution in [2.24, 2.45) is 0 Å². The van der Waals surface area contributed by atoms with E-state index in [2.05, 4.69) is 21.0 Å². The number of H-pyrrole nitrogens is 1. The van der Waals surface area contributed by atoms with Gasteiger partial charge in [0.25, 0.3) is 0 Å². The molecule has 8 nitrogen and oxygen atoms in total. The molecule has 4 heterocycles. The zero-order chi connectivity index (χ0) is 21.5. The molecule has 1 fully saturated rings. The molecular formula is C22H20N6O2S. The summed E-state index contributed by atoms with van der Waals surface area (Å²) in [6.45, 7) is 0.542. The highest BCUT2D eigenvalue weighted by Gasteiger charge is 2.49. The van der Waals surface area contributed by atoms with Crippen LogP contribution in [0.5, 0.6) is 0 Å². The Kier molecular flexibility index (Phi) is 4.61. The van der Waals surface area contributed by atoms with Gasteiger partial charge in [-0.05, 0) is 17.7 Å². The Hall–Kier alpha value is -3.48. The molecule has 1 aliphatic heterocycles. The standard InChI is InChI=1S/C22H20N6O2S/c23-9-8-22(14-28(15-22)31(29,30)13-17-4-2-1-3-5-17)27-11-7-18(12-27)20-19-6-10-24-21(19)26-16-25-20/h1-7,10-12,16H,8,13-15H2,(H,24,25,26). The average Bonchev–Trinajstić information content (AvgIpc) is 3.40. The molecule has 1 saturated heterocycles. The minimum absolute atomic E-state index is 0.0419. The lowest BCUT2D eigenvalue weighted by Crippen LogP contribution is -2.63. The van der Waals surface area contributed by atoms with E-state index < -0.39 is 15.6 Å². The maximum Gasteiger partial charge on any atom is 0.218 e. The van der Waals surface area contributed by atoms with E-state index in [1.807, 2.05) is 65.6 Å². The van der Waals surface area contributed by atoms with E-state index in [1.165, 1.54) is 10.6 Å². The third-order valence-corrected chi connectivity index (χ3v) is 7.55. The van der Waals surface area contributed by atoms with Crippen LogP contribution in [0.2, 0.25) is 0 Å². The van der Waals surface area contributed by atoms with Crippen molar-refractivity contribution >= 4 is 21.1 Å². The monoisotopic (exact) mass is 432 g/mol. The normalized spacial score (nSPS) is 16.1. The van der Waals surface area contributed by atoms with Crippen LogP contribution in [0.1, 0.15) is 12.0 Å². The van der Waals surface area contributed by atoms with Crippen LogP contribution >= 0.6 is 0 Å². The number of fused-ring (bicyclic) bond motifs is 1. The van der Waals surface area contributed by atoms with Crippen LogP contribution < -0.4 is 0 Å². The largest absolute Gasteiger partial charge is 0.346 e. The summed E-state index contributed by atoms with van der Waals surface area (Å²) in [5.74, 6) is -0.0419. The molecule has 31 heavy (non-hydrogen) atoms. The highest BCUT2D eigenvalue weighted by Crippen LogP contribution is 2.37. The smallest absolute Gasteiger partial charge is 0.218 e. The first kappa shape index (κ1) is 19.5. The molecule has 0 spiro atoms. The Morgan fingerprint density at radius 2 is 1.94 bits per heavy atom. The van der Waals surface area contributed by atoms with Gasteiger partial charge in [0.2, 0.25) is 10.0 Å². The number of hydrogen-bond acceptors (Lipinski definition) is 5. The van der Waals surface area contributed by atoms with Gasteiger partial charge in [0.1, 0.15) is 12.0 Å². The van der Waals surface area contributed by atoms with E-state index in [4.69, 9.17) is 0 Å². The van der Waals surface area contributed by atoms with Crippen molar-refractivity contribution in [3.8, 4) is 17.3 Å². The summed E-state index contributed by atoms with van der Waals surface area (Å²) in [6, 6.07) is 15.2. The van der Waals surface area contributed by atoms with Gasteiger partial charge in [-0.25, -0.2) is 18.4 Å². The Morgan fingerprint density at radius 3 is 2.71 bits per heavy atom. The molecule has 1 aromatic carbocycles. The topological polar surface area (TPSA) is 108 Å². The van der Waals surface area contributed by atoms with Gasteiger partial charge >= 0.3 is 0 Å². The number of aromatic nitrogens is 4. The molecular weight excluding hydrogens is 412 g/mol. The van der Waals surface area contributed by atoms with Gasteiger partial charge in [0.05, 0.1) is 29.5 Å². The molecule has 0 atom stereocenters. The summed E-state index contributed by atoms with van der Waals surface area (Å²) >= 11 is 0. The maximum absolute atomic E-state index is 12.9. The summed E-state index contributed by atoms with van der Waals surface area (Å²) in [5.41, 5.74) is 2.62. The van der Waals surface area contributed by atoms with Crippen LogP contribution in [0, 0.1) is 11.3 Å². The van der Waals surface area contributed by atoms with Gasteiger partial charge in [0, 0.05) is 42.6 Å². The Balaban J connectivity index is 1.40. The Bertz CT molecular complexity index is 1380. The van der Waals surface area contributed by atoms with Crippen LogP contribution in [0.15, 0.2) is 67.4 Å². The van der Waals surface area contributed by atoms with Crippen molar-refractivity contribution in [1.82, 2.24) is 23.8 Å². The second-order valence-electron chi connectivity index (χ2n) is 7.84. The highest BCUT2D eigenvalue weighted by molar-refractivity contribution is 7.88. The first-order valence-electron chi connectivity index (χ1n) is 9.86. The van der Waals surface area contributed by atoms with E-state index >= 15 is 0 Å². The van der Waals surface area contributed by atoms with E-state index in [0.717, 1.165) is 27.9 Å². The highest BCUT2D eigenvalue weighted by atomic mass is 32.2. The predicted octanol–water partition coefficient (Wildman–Crippen LogP) is 2.88. The molecule has 0 aliphatic carbocycles. The maximum atomic E-state index is 12.9. The summed E-state index contributed by atoms with van der Waals surface area (Å²) in [6.07, 6.45) is 7.39. The lowest BCUT2D eigenvalue weighted by Gasteiger charge is -2.49. The van der Waals surface area contributed by atoms with Crippen LogP contribution in [0.3, 0.4) is 0 Å². The van der Waals surface area contributed by atoms with Gasteiger partial charge in [-0.2, -0.15) is 9.57 Å². The van der Waals surface area contributed by atoms with E-state index in [1.54, 1.807) is 0 Å². The molecule has 1 aliphatic rings. The van der Waals surface area contributed by atoms with Crippen molar-refractivity contribution in [2.45, 2.75) is 17.7 Å². The number of aromatic amines is 1. The van der Waals surface area contributed by atoms with Crippen LogP contribution in [0.4, 0.5) is 0 Å². The second-order valence-corrected chi connectivity index (χ2v) is 9.81. The van der Waals surface area contributed by atoms with E-state index in [-0.39, 0.29) is 25.3 Å². The molecule has 156 valence electrons. The van der Waals surface area contributed by atoms with E-state index in [9.17, 15) is 13.7 Å². The lowest BCUT2D eigenvalue weighted by atomic mass is 9.89. The molecule has 9 heteroatoms. The third kappa shape index (κ3) is 3.40. The molecule has 0 amide bonds. The number of benzene rings is 1. The minimum Gasteiger partial charge on any atom is -0.346 e. The van der Waals surface area contributed by atoms with Crippen molar-refractivity contribution in [3.05, 3.63) is 72.9 Å². The minimum atomic E-state index is -3.45. The molecule has 5 rings (SSSR count). The number of nitriles is 1. The number of sulfonamides is 1. The second kappa shape index (κ2) is 7.34. The lowest BCUT2D eigenvalue weighted by molar-refractivity contribution is 0.0848. The zero-order valence-corrected chi connectivity index (χ0v) is 17.5. The van der Waals surface area contributed by atoms with Crippen molar-refractivity contribution < 1.29 is 8.42 Å². The molecule has 1 N–H and O–H groups in total. The van der Waals surface area contributed by atoms with Gasteiger partial charge in [-0.1, -0.05) is 30.3 Å². The molecule has 4 aromatic rings. The molecule has 0 bridgehead atoms. The molecule has 0 unspecified atom stereocenters. The molecule has 0 saturated carbocycles. The van der Waals surface area contributed by atoms with Crippen molar-refractivity contribution in [3.63, 3.8) is 0 Å². The van der Waals surface area contributed by atoms with Crippen molar-refractivity contribution in [2.75, 3.05) is 13.1 Å². The van der Waals surface area contributed by atoms with Gasteiger partial charge < -0.3 is 9.55 Å². The van der Waals surface area contributed by atoms with Crippen LogP contribution in [-0.2, 0) is 21.3 Å². The SMILES string of the molecule is N#CCC1(n2ccc(-c3ncnc4[nH]ccc34)c2)CN(S(=O)(=O)Cc2ccccc2)C1. The van der Waals surface area contributed by atoms with E-state index in [0.29, 0.717) is 0 Å². The number of nitrogens with zero attached hydrogens (tertiary/aromatic N) is 5. The fraction of sp³-hybridized carbons (Fsp3) is 0.227. The number of nitrogens with one attached hydrogen (secondary N) is 1. The van der Waals surface area contributed by atoms with Crippen molar-refractivity contribution in [1.29, 1.82) is 5.26 Å². The fourth-order valence-corrected chi connectivity index (χ4v) is 5.80. The molecule has 3 aromatic heterocycles. The summed E-state index contributed by atoms with van der Waals surface area (Å²) in [4.78, 5) is 11.7. The number of rotatable bonds is 6. The predicted molar refractivity (Wildman–Crippen MR) is 116 cm³/mol. The average molecular weight is 433 g/mol. The van der Waals surface area contributed by atoms with Gasteiger partial charge in [-0.3, -0.25) is 0 Å². The van der Waals surface area contributed by atoms with Gasteiger partial charge in [-0.15, -0.1) is 0 Å². The fourth-order valence-electron chi connectivity index (χ4n) is 4.13. The summed E-state index contributed by atoms with van der Waals surface area (Å²) in [7, 11) is -3.45. The van der Waals surface area contributed by atoms with Crippen LogP contribution in [0.25, 0.3) is 22.3 Å². The first-order valence-corrected chi connectivity index (χ1v) is 11.5.